The lowest BCUT2D eigenvalue weighted by Gasteiger charge is -2.01. The van der Waals surface area contributed by atoms with Crippen LogP contribution in [0.15, 0.2) is 43.0 Å². The van der Waals surface area contributed by atoms with Crippen LogP contribution in [-0.4, -0.2) is 12.5 Å². The van der Waals surface area contributed by atoms with Crippen LogP contribution >= 0.6 is 0 Å². The minimum Gasteiger partial charge on any atom is -0.352 e. The molecule has 78 valence electrons. The third-order valence-electron chi connectivity index (χ3n) is 2.78. The lowest BCUT2D eigenvalue weighted by Crippen LogP contribution is -2.25. The minimum absolute atomic E-state index is 0.156. The first-order valence-corrected chi connectivity index (χ1v) is 5.26. The zero-order valence-corrected chi connectivity index (χ0v) is 8.65. The summed E-state index contributed by atoms with van der Waals surface area (Å²) in [6, 6.07) is 10.2. The van der Waals surface area contributed by atoms with E-state index >= 15 is 0 Å². The summed E-state index contributed by atoms with van der Waals surface area (Å²) in [5, 5.41) is 2.84. The monoisotopic (exact) mass is 201 g/mol. The molecule has 1 amide bonds. The van der Waals surface area contributed by atoms with E-state index in [2.05, 4.69) is 24.0 Å². The van der Waals surface area contributed by atoms with Crippen LogP contribution in [0.2, 0.25) is 0 Å². The average Bonchev–Trinajstić information content (AvgIpc) is 3.07. The van der Waals surface area contributed by atoms with Crippen LogP contribution in [0.5, 0.6) is 0 Å². The molecule has 1 aromatic carbocycles. The highest BCUT2D eigenvalue weighted by atomic mass is 16.2. The van der Waals surface area contributed by atoms with Gasteiger partial charge in [0.2, 0.25) is 5.91 Å². The van der Waals surface area contributed by atoms with Crippen LogP contribution in [0.25, 0.3) is 0 Å². The number of nitrogens with one attached hydrogen (secondary N) is 1. The fourth-order valence-electron chi connectivity index (χ4n) is 1.86. The number of carbonyl (C=O) groups excluding carboxylic acids is 1. The van der Waals surface area contributed by atoms with Crippen LogP contribution < -0.4 is 5.32 Å². The summed E-state index contributed by atoms with van der Waals surface area (Å²) < 4.78 is 0. The van der Waals surface area contributed by atoms with Gasteiger partial charge in [-0.15, -0.1) is 6.58 Å². The van der Waals surface area contributed by atoms with Gasteiger partial charge in [0.1, 0.15) is 0 Å². The Balaban J connectivity index is 1.91. The predicted octanol–water partition coefficient (Wildman–Crippen LogP) is 2.09. The quantitative estimate of drug-likeness (QED) is 0.742. The Morgan fingerprint density at radius 3 is 2.87 bits per heavy atom. The summed E-state index contributed by atoms with van der Waals surface area (Å²) >= 11 is 0. The summed E-state index contributed by atoms with van der Waals surface area (Å²) in [6.45, 7) is 4.14. The van der Waals surface area contributed by atoms with Crippen molar-refractivity contribution in [1.29, 1.82) is 0 Å². The van der Waals surface area contributed by atoms with Crippen LogP contribution in [-0.2, 0) is 4.79 Å². The molecule has 0 heterocycles. The van der Waals surface area contributed by atoms with E-state index in [4.69, 9.17) is 0 Å². The first-order chi connectivity index (χ1) is 7.33. The highest BCUT2D eigenvalue weighted by molar-refractivity contribution is 5.82. The van der Waals surface area contributed by atoms with Crippen molar-refractivity contribution in [3.63, 3.8) is 0 Å². The summed E-state index contributed by atoms with van der Waals surface area (Å²) in [5.41, 5.74) is 1.27. The fraction of sp³-hybridized carbons (Fsp3) is 0.308. The van der Waals surface area contributed by atoms with Gasteiger partial charge in [0.15, 0.2) is 0 Å². The molecule has 15 heavy (non-hydrogen) atoms. The maximum Gasteiger partial charge on any atom is 0.223 e. The number of carbonyl (C=O) groups is 1. The van der Waals surface area contributed by atoms with E-state index in [0.717, 1.165) is 6.42 Å². The van der Waals surface area contributed by atoms with Crippen LogP contribution in [0.4, 0.5) is 0 Å². The van der Waals surface area contributed by atoms with Gasteiger partial charge in [0.05, 0.1) is 0 Å². The van der Waals surface area contributed by atoms with E-state index in [1.165, 1.54) is 5.56 Å². The first-order valence-electron chi connectivity index (χ1n) is 5.26. The third kappa shape index (κ3) is 2.27. The summed E-state index contributed by atoms with van der Waals surface area (Å²) in [4.78, 5) is 11.6. The zero-order valence-electron chi connectivity index (χ0n) is 8.65. The normalized spacial score (nSPS) is 23.2. The predicted molar refractivity (Wildman–Crippen MR) is 60.5 cm³/mol. The van der Waals surface area contributed by atoms with Crippen LogP contribution in [0.3, 0.4) is 0 Å². The van der Waals surface area contributed by atoms with Gasteiger partial charge in [0.25, 0.3) is 0 Å². The molecule has 0 aliphatic heterocycles. The van der Waals surface area contributed by atoms with E-state index in [1.54, 1.807) is 6.08 Å². The van der Waals surface area contributed by atoms with Crippen molar-refractivity contribution in [2.75, 3.05) is 6.54 Å². The molecule has 0 unspecified atom stereocenters. The molecule has 1 aromatic rings. The van der Waals surface area contributed by atoms with Crippen molar-refractivity contribution in [2.24, 2.45) is 5.92 Å². The van der Waals surface area contributed by atoms with Crippen molar-refractivity contribution in [3.05, 3.63) is 48.6 Å². The number of hydrogen-bond donors (Lipinski definition) is 1. The van der Waals surface area contributed by atoms with E-state index in [9.17, 15) is 4.79 Å². The molecule has 2 rings (SSSR count). The van der Waals surface area contributed by atoms with Gasteiger partial charge in [-0.1, -0.05) is 36.4 Å². The molecule has 0 aromatic heterocycles. The number of rotatable bonds is 4. The van der Waals surface area contributed by atoms with E-state index in [-0.39, 0.29) is 11.8 Å². The number of hydrogen-bond acceptors (Lipinski definition) is 1. The maximum atomic E-state index is 11.6. The Kier molecular flexibility index (Phi) is 2.86. The molecule has 1 aliphatic carbocycles. The Morgan fingerprint density at radius 2 is 2.20 bits per heavy atom. The van der Waals surface area contributed by atoms with E-state index in [0.29, 0.717) is 12.5 Å². The smallest absolute Gasteiger partial charge is 0.223 e. The van der Waals surface area contributed by atoms with E-state index in [1.807, 2.05) is 18.2 Å². The van der Waals surface area contributed by atoms with Gasteiger partial charge < -0.3 is 5.32 Å². The summed E-state index contributed by atoms with van der Waals surface area (Å²) in [7, 11) is 0. The molecule has 2 nitrogen and oxygen atoms in total. The second-order valence-corrected chi connectivity index (χ2v) is 3.89. The molecule has 1 fully saturated rings. The standard InChI is InChI=1S/C13H15NO/c1-2-8-14-13(15)12-9-11(12)10-6-4-3-5-7-10/h2-7,11-12H,1,8-9H2,(H,14,15)/t11-,12+/m0/s1. The Hall–Kier alpha value is -1.57. The van der Waals surface area contributed by atoms with Gasteiger partial charge in [-0.2, -0.15) is 0 Å². The van der Waals surface area contributed by atoms with Crippen molar-refractivity contribution in [2.45, 2.75) is 12.3 Å². The lowest BCUT2D eigenvalue weighted by atomic mass is 10.1. The largest absolute Gasteiger partial charge is 0.352 e. The van der Waals surface area contributed by atoms with Gasteiger partial charge in [-0.25, -0.2) is 0 Å². The SMILES string of the molecule is C=CCNC(=O)[C@@H]1C[C@H]1c1ccccc1. The molecule has 1 aliphatic rings. The highest BCUT2D eigenvalue weighted by Crippen LogP contribution is 2.47. The summed E-state index contributed by atoms with van der Waals surface area (Å²) in [5.74, 6) is 0.757. The molecule has 1 N–H and O–H groups in total. The second kappa shape index (κ2) is 4.30. The lowest BCUT2D eigenvalue weighted by molar-refractivity contribution is -0.122. The van der Waals surface area contributed by atoms with Crippen molar-refractivity contribution >= 4 is 5.91 Å². The summed E-state index contributed by atoms with van der Waals surface area (Å²) in [6.07, 6.45) is 2.69. The molecule has 0 bridgehead atoms. The van der Waals surface area contributed by atoms with Gasteiger partial charge >= 0.3 is 0 Å². The Labute approximate surface area is 90.0 Å². The molecule has 2 atom stereocenters. The second-order valence-electron chi connectivity index (χ2n) is 3.89. The highest BCUT2D eigenvalue weighted by Gasteiger charge is 2.43. The zero-order chi connectivity index (χ0) is 10.7. The molecular weight excluding hydrogens is 186 g/mol. The third-order valence-corrected chi connectivity index (χ3v) is 2.78. The average molecular weight is 201 g/mol. The molecule has 0 saturated heterocycles. The Bertz CT molecular complexity index is 358. The van der Waals surface area contributed by atoms with Crippen molar-refractivity contribution in [1.82, 2.24) is 5.32 Å². The molecule has 0 spiro atoms. The first kappa shape index (κ1) is 9.97. The topological polar surface area (TPSA) is 29.1 Å². The number of amides is 1. The van der Waals surface area contributed by atoms with Crippen molar-refractivity contribution in [3.8, 4) is 0 Å². The molecule has 2 heteroatoms. The van der Waals surface area contributed by atoms with Crippen LogP contribution in [0.1, 0.15) is 17.9 Å². The van der Waals surface area contributed by atoms with Gasteiger partial charge in [-0.05, 0) is 17.9 Å². The Morgan fingerprint density at radius 1 is 1.47 bits per heavy atom. The van der Waals surface area contributed by atoms with Gasteiger partial charge in [-0.3, -0.25) is 4.79 Å². The van der Waals surface area contributed by atoms with Gasteiger partial charge in [0, 0.05) is 12.5 Å². The maximum absolute atomic E-state index is 11.6. The molecule has 1 saturated carbocycles. The molecule has 0 radical (unpaired) electrons. The van der Waals surface area contributed by atoms with Crippen LogP contribution in [0, 0.1) is 5.92 Å². The number of benzene rings is 1. The fourth-order valence-corrected chi connectivity index (χ4v) is 1.86. The van der Waals surface area contributed by atoms with E-state index < -0.39 is 0 Å². The minimum atomic E-state index is 0.156. The van der Waals surface area contributed by atoms with Crippen molar-refractivity contribution < 1.29 is 4.79 Å². The molecular formula is C13H15NO.